The van der Waals surface area contributed by atoms with Crippen LogP contribution in [0.1, 0.15) is 5.56 Å². The van der Waals surface area contributed by atoms with Crippen LogP contribution in [0.4, 0.5) is 0 Å². The molecule has 5 nitrogen and oxygen atoms in total. The first kappa shape index (κ1) is 9.39. The zero-order valence-corrected chi connectivity index (χ0v) is 7.90. The number of rotatable bonds is 1. The molecule has 2 aromatic rings. The number of nitrogens with zero attached hydrogens (tertiary/aromatic N) is 1. The summed E-state index contributed by atoms with van der Waals surface area (Å²) in [6.45, 7) is 0. The molecule has 0 fully saturated rings. The number of benzene rings is 1. The van der Waals surface area contributed by atoms with Gasteiger partial charge in [-0.1, -0.05) is 0 Å². The Kier molecular flexibility index (Phi) is 2.00. The van der Waals surface area contributed by atoms with Crippen LogP contribution in [0.2, 0.25) is 0 Å². The van der Waals surface area contributed by atoms with Crippen LogP contribution in [0.5, 0.6) is 0 Å². The van der Waals surface area contributed by atoms with Gasteiger partial charge in [-0.25, -0.2) is 4.79 Å². The Morgan fingerprint density at radius 2 is 2.07 bits per heavy atom. The van der Waals surface area contributed by atoms with Gasteiger partial charge in [0.05, 0.1) is 10.9 Å². The lowest BCUT2D eigenvalue weighted by molar-refractivity contribution is 0.563. The number of carbonyl (C=O) groups excluding carboxylic acids is 1. The van der Waals surface area contributed by atoms with Gasteiger partial charge in [0.15, 0.2) is 0 Å². The van der Waals surface area contributed by atoms with Crippen molar-refractivity contribution >= 4 is 17.2 Å². The van der Waals surface area contributed by atoms with Crippen LogP contribution in [0, 0.1) is 0 Å². The third-order valence-corrected chi connectivity index (χ3v) is 2.22. The summed E-state index contributed by atoms with van der Waals surface area (Å²) in [5.41, 5.74) is -0.199. The van der Waals surface area contributed by atoms with Gasteiger partial charge < -0.3 is 4.98 Å². The Morgan fingerprint density at radius 3 is 2.73 bits per heavy atom. The average Bonchev–Trinajstić information content (AvgIpc) is 2.26. The highest BCUT2D eigenvalue weighted by atomic mass is 16.2. The highest BCUT2D eigenvalue weighted by molar-refractivity contribution is 5.86. The molecule has 0 saturated heterocycles. The van der Waals surface area contributed by atoms with Crippen molar-refractivity contribution in [1.82, 2.24) is 9.55 Å². The van der Waals surface area contributed by atoms with E-state index in [1.165, 1.54) is 25.2 Å². The summed E-state index contributed by atoms with van der Waals surface area (Å²) in [5.74, 6) is 0. The first-order valence-electron chi connectivity index (χ1n) is 4.24. The number of nitrogens with one attached hydrogen (secondary N) is 1. The molecule has 0 aliphatic rings. The zero-order chi connectivity index (χ0) is 11.0. The molecule has 0 atom stereocenters. The summed E-state index contributed by atoms with van der Waals surface area (Å²) in [6, 6.07) is 4.41. The van der Waals surface area contributed by atoms with Gasteiger partial charge in [-0.3, -0.25) is 14.2 Å². The van der Waals surface area contributed by atoms with E-state index in [0.717, 1.165) is 4.57 Å². The molecule has 0 saturated carbocycles. The molecule has 2 rings (SSSR count). The molecule has 0 spiro atoms. The molecule has 1 aromatic heterocycles. The molecule has 5 heteroatoms. The summed E-state index contributed by atoms with van der Waals surface area (Å²) in [5, 5.41) is 0.304. The minimum absolute atomic E-state index is 0.284. The topological polar surface area (TPSA) is 71.9 Å². The highest BCUT2D eigenvalue weighted by Gasteiger charge is 2.04. The summed E-state index contributed by atoms with van der Waals surface area (Å²) in [4.78, 5) is 35.8. The minimum atomic E-state index is -0.477. The third-order valence-electron chi connectivity index (χ3n) is 2.22. The maximum absolute atomic E-state index is 11.6. The van der Waals surface area contributed by atoms with Crippen molar-refractivity contribution in [2.45, 2.75) is 0 Å². The molecule has 1 heterocycles. The van der Waals surface area contributed by atoms with Crippen molar-refractivity contribution in [3.63, 3.8) is 0 Å². The number of fused-ring (bicyclic) bond motifs is 1. The summed E-state index contributed by atoms with van der Waals surface area (Å²) in [6.07, 6.45) is 1.69. The molecular formula is C10H7N2O3. The van der Waals surface area contributed by atoms with E-state index in [4.69, 9.17) is 0 Å². The van der Waals surface area contributed by atoms with E-state index in [2.05, 4.69) is 4.98 Å². The fourth-order valence-electron chi connectivity index (χ4n) is 1.37. The number of hydrogen-bond donors (Lipinski definition) is 1. The average molecular weight is 203 g/mol. The summed E-state index contributed by atoms with van der Waals surface area (Å²) >= 11 is 0. The minimum Gasteiger partial charge on any atom is -0.307 e. The fourth-order valence-corrected chi connectivity index (χ4v) is 1.37. The second kappa shape index (κ2) is 3.20. The van der Waals surface area contributed by atoms with E-state index in [9.17, 15) is 14.4 Å². The Bertz CT molecular complexity index is 652. The highest BCUT2D eigenvalue weighted by Crippen LogP contribution is 2.06. The standard InChI is InChI=1S/C10H7N2O3/c1-12-9(14)7-4-6(5-13)2-3-8(7)11-10(12)15/h2-4H,1H3,(H,11,15). The first-order valence-corrected chi connectivity index (χ1v) is 4.24. The van der Waals surface area contributed by atoms with Crippen LogP contribution in [-0.4, -0.2) is 15.8 Å². The lowest BCUT2D eigenvalue weighted by Gasteiger charge is -2.00. The van der Waals surface area contributed by atoms with Crippen LogP contribution in [0.25, 0.3) is 10.9 Å². The molecule has 1 aromatic carbocycles. The van der Waals surface area contributed by atoms with E-state index < -0.39 is 11.2 Å². The molecule has 0 amide bonds. The van der Waals surface area contributed by atoms with Crippen LogP contribution in [0.3, 0.4) is 0 Å². The van der Waals surface area contributed by atoms with Gasteiger partial charge in [-0.15, -0.1) is 0 Å². The SMILES string of the molecule is Cn1c(=O)[nH]c2ccc([C]=O)cc2c1=O. The van der Waals surface area contributed by atoms with E-state index in [0.29, 0.717) is 10.9 Å². The normalized spacial score (nSPS) is 10.5. The predicted octanol–water partition coefficient (Wildman–Crippen LogP) is -0.315. The molecule has 0 aliphatic heterocycles. The number of aromatic amines is 1. The van der Waals surface area contributed by atoms with Crippen molar-refractivity contribution in [2.24, 2.45) is 7.05 Å². The van der Waals surface area contributed by atoms with Crippen LogP contribution in [0.15, 0.2) is 27.8 Å². The lowest BCUT2D eigenvalue weighted by atomic mass is 10.1. The molecule has 1 radical (unpaired) electrons. The van der Waals surface area contributed by atoms with E-state index in [1.54, 1.807) is 6.29 Å². The van der Waals surface area contributed by atoms with Crippen LogP contribution < -0.4 is 11.2 Å². The van der Waals surface area contributed by atoms with Crippen LogP contribution >= 0.6 is 0 Å². The molecule has 0 bridgehead atoms. The summed E-state index contributed by atoms with van der Waals surface area (Å²) < 4.78 is 0.955. The second-order valence-electron chi connectivity index (χ2n) is 3.16. The Labute approximate surface area is 84.0 Å². The van der Waals surface area contributed by atoms with Crippen molar-refractivity contribution in [3.8, 4) is 0 Å². The third kappa shape index (κ3) is 1.38. The maximum atomic E-state index is 11.6. The van der Waals surface area contributed by atoms with Crippen molar-refractivity contribution in [3.05, 3.63) is 44.6 Å². The maximum Gasteiger partial charge on any atom is 0.328 e. The van der Waals surface area contributed by atoms with E-state index in [1.807, 2.05) is 0 Å². The van der Waals surface area contributed by atoms with Gasteiger partial charge in [-0.05, 0) is 18.2 Å². The predicted molar refractivity (Wildman–Crippen MR) is 54.6 cm³/mol. The molecule has 75 valence electrons. The quantitative estimate of drug-likeness (QED) is 0.690. The van der Waals surface area contributed by atoms with Gasteiger partial charge in [0.1, 0.15) is 0 Å². The van der Waals surface area contributed by atoms with E-state index >= 15 is 0 Å². The zero-order valence-electron chi connectivity index (χ0n) is 7.90. The molecule has 0 unspecified atom stereocenters. The molecule has 1 N–H and O–H groups in total. The fraction of sp³-hybridized carbons (Fsp3) is 0.100. The number of hydrogen-bond acceptors (Lipinski definition) is 3. The van der Waals surface area contributed by atoms with Gasteiger partial charge in [0.2, 0.25) is 6.29 Å². The van der Waals surface area contributed by atoms with Crippen LogP contribution in [-0.2, 0) is 11.8 Å². The Balaban J connectivity index is 3.00. The number of aromatic nitrogens is 2. The van der Waals surface area contributed by atoms with Crippen molar-refractivity contribution in [2.75, 3.05) is 0 Å². The van der Waals surface area contributed by atoms with Crippen molar-refractivity contribution < 1.29 is 4.79 Å². The molecule has 0 aliphatic carbocycles. The molecular weight excluding hydrogens is 196 g/mol. The summed E-state index contributed by atoms with van der Waals surface area (Å²) in [7, 11) is 1.37. The van der Waals surface area contributed by atoms with Gasteiger partial charge in [0, 0.05) is 12.6 Å². The Hall–Kier alpha value is -2.17. The first-order chi connectivity index (χ1) is 7.13. The van der Waals surface area contributed by atoms with E-state index in [-0.39, 0.29) is 5.56 Å². The molecule has 15 heavy (non-hydrogen) atoms. The largest absolute Gasteiger partial charge is 0.328 e. The smallest absolute Gasteiger partial charge is 0.307 e. The second-order valence-corrected chi connectivity index (χ2v) is 3.16. The lowest BCUT2D eigenvalue weighted by Crippen LogP contribution is -2.32. The number of H-pyrrole nitrogens is 1. The monoisotopic (exact) mass is 203 g/mol. The van der Waals surface area contributed by atoms with Gasteiger partial charge in [0.25, 0.3) is 5.56 Å². The Morgan fingerprint density at radius 1 is 1.33 bits per heavy atom. The van der Waals surface area contributed by atoms with Gasteiger partial charge >= 0.3 is 5.69 Å². The van der Waals surface area contributed by atoms with Crippen molar-refractivity contribution in [1.29, 1.82) is 0 Å². The van der Waals surface area contributed by atoms with Gasteiger partial charge in [-0.2, -0.15) is 0 Å².